The molecule has 0 fully saturated rings. The Bertz CT molecular complexity index is 933. The van der Waals surface area contributed by atoms with Crippen LogP contribution in [0.4, 0.5) is 10.1 Å². The Kier molecular flexibility index (Phi) is 5.09. The number of unbranched alkanes of at least 4 members (excludes halogenated alkanes) is 1. The van der Waals surface area contributed by atoms with Crippen LogP contribution in [0.3, 0.4) is 0 Å². The number of para-hydroxylation sites is 1. The molecule has 0 aliphatic rings. The lowest BCUT2D eigenvalue weighted by Crippen LogP contribution is -2.18. The van der Waals surface area contributed by atoms with Gasteiger partial charge < -0.3 is 9.88 Å². The number of hydrogen-bond donors (Lipinski definition) is 1. The van der Waals surface area contributed by atoms with Crippen LogP contribution >= 0.6 is 11.6 Å². The third-order valence-corrected chi connectivity index (χ3v) is 4.64. The molecule has 0 unspecified atom stereocenters. The van der Waals surface area contributed by atoms with Gasteiger partial charge in [-0.25, -0.2) is 4.39 Å². The van der Waals surface area contributed by atoms with Crippen LogP contribution in [0.25, 0.3) is 10.9 Å². The van der Waals surface area contributed by atoms with Gasteiger partial charge in [-0.05, 0) is 43.2 Å². The van der Waals surface area contributed by atoms with Crippen LogP contribution in [0, 0.1) is 12.7 Å². The van der Waals surface area contributed by atoms with Crippen molar-refractivity contribution < 1.29 is 9.18 Å². The lowest BCUT2D eigenvalue weighted by Gasteiger charge is -2.12. The second-order valence-electron chi connectivity index (χ2n) is 6.08. The van der Waals surface area contributed by atoms with Gasteiger partial charge in [0.2, 0.25) is 0 Å². The van der Waals surface area contributed by atoms with E-state index in [0.717, 1.165) is 35.9 Å². The average Bonchev–Trinajstić information content (AvgIpc) is 2.89. The van der Waals surface area contributed by atoms with Gasteiger partial charge in [0, 0.05) is 23.1 Å². The molecule has 1 N–H and O–H groups in total. The van der Waals surface area contributed by atoms with Crippen molar-refractivity contribution in [2.75, 3.05) is 5.32 Å². The van der Waals surface area contributed by atoms with Crippen molar-refractivity contribution in [3.8, 4) is 0 Å². The van der Waals surface area contributed by atoms with Crippen molar-refractivity contribution in [2.24, 2.45) is 0 Å². The first-order chi connectivity index (χ1) is 12.0. The maximum atomic E-state index is 13.3. The zero-order chi connectivity index (χ0) is 18.0. The number of carbonyl (C=O) groups excluding carboxylic acids is 1. The summed E-state index contributed by atoms with van der Waals surface area (Å²) in [5.41, 5.74) is 3.10. The monoisotopic (exact) mass is 358 g/mol. The Labute approximate surface area is 151 Å². The number of rotatable bonds is 5. The van der Waals surface area contributed by atoms with Crippen molar-refractivity contribution in [3.63, 3.8) is 0 Å². The third-order valence-electron chi connectivity index (χ3n) is 4.35. The molecule has 25 heavy (non-hydrogen) atoms. The van der Waals surface area contributed by atoms with Gasteiger partial charge in [-0.15, -0.1) is 0 Å². The van der Waals surface area contributed by atoms with Crippen LogP contribution in [0.5, 0.6) is 0 Å². The molecule has 0 saturated carbocycles. The lowest BCUT2D eigenvalue weighted by atomic mass is 10.1. The van der Waals surface area contributed by atoms with E-state index in [1.807, 2.05) is 31.2 Å². The molecule has 0 aliphatic heterocycles. The molecule has 3 rings (SSSR count). The molecule has 0 radical (unpaired) electrons. The summed E-state index contributed by atoms with van der Waals surface area (Å²) in [6.07, 6.45) is 2.03. The Morgan fingerprint density at radius 2 is 2.00 bits per heavy atom. The van der Waals surface area contributed by atoms with Gasteiger partial charge in [0.25, 0.3) is 5.91 Å². The number of carbonyl (C=O) groups is 1. The van der Waals surface area contributed by atoms with E-state index in [2.05, 4.69) is 16.8 Å². The number of nitrogens with zero attached hydrogens (tertiary/aromatic N) is 1. The fraction of sp³-hybridized carbons (Fsp3) is 0.250. The molecular formula is C20H20ClFN2O. The average molecular weight is 359 g/mol. The van der Waals surface area contributed by atoms with Gasteiger partial charge >= 0.3 is 0 Å². The SMILES string of the molecule is CCCCn1c(C(=O)Nc2ccc(F)c(Cl)c2)c(C)c2ccccc21. The number of halogens is 2. The van der Waals surface area contributed by atoms with E-state index >= 15 is 0 Å². The van der Waals surface area contributed by atoms with E-state index in [9.17, 15) is 9.18 Å². The number of aromatic nitrogens is 1. The van der Waals surface area contributed by atoms with Crippen LogP contribution < -0.4 is 5.32 Å². The Morgan fingerprint density at radius 1 is 1.24 bits per heavy atom. The Hall–Kier alpha value is -2.33. The van der Waals surface area contributed by atoms with E-state index in [4.69, 9.17) is 11.6 Å². The van der Waals surface area contributed by atoms with Gasteiger partial charge in [0.05, 0.1) is 5.02 Å². The smallest absolute Gasteiger partial charge is 0.272 e. The first-order valence-electron chi connectivity index (χ1n) is 8.37. The van der Waals surface area contributed by atoms with Gasteiger partial charge in [0.1, 0.15) is 11.5 Å². The Balaban J connectivity index is 2.02. The zero-order valence-corrected chi connectivity index (χ0v) is 15.0. The molecule has 1 aromatic heterocycles. The molecule has 2 aromatic carbocycles. The van der Waals surface area contributed by atoms with Crippen LogP contribution in [0.2, 0.25) is 5.02 Å². The second kappa shape index (κ2) is 7.28. The number of hydrogen-bond acceptors (Lipinski definition) is 1. The number of benzene rings is 2. The molecule has 130 valence electrons. The predicted molar refractivity (Wildman–Crippen MR) is 101 cm³/mol. The maximum absolute atomic E-state index is 13.3. The quantitative estimate of drug-likeness (QED) is 0.615. The number of anilines is 1. The van der Waals surface area contributed by atoms with Crippen molar-refractivity contribution >= 4 is 34.1 Å². The minimum Gasteiger partial charge on any atom is -0.336 e. The summed E-state index contributed by atoms with van der Waals surface area (Å²) in [6, 6.07) is 12.2. The summed E-state index contributed by atoms with van der Waals surface area (Å²) < 4.78 is 15.4. The summed E-state index contributed by atoms with van der Waals surface area (Å²) >= 11 is 5.81. The molecule has 1 heterocycles. The fourth-order valence-corrected chi connectivity index (χ4v) is 3.26. The normalized spacial score (nSPS) is 11.0. The van der Waals surface area contributed by atoms with E-state index in [1.165, 1.54) is 18.2 Å². The molecular weight excluding hydrogens is 339 g/mol. The first kappa shape index (κ1) is 17.5. The number of nitrogens with one attached hydrogen (secondary N) is 1. The van der Waals surface area contributed by atoms with Gasteiger partial charge in [-0.3, -0.25) is 4.79 Å². The molecule has 0 saturated heterocycles. The van der Waals surface area contributed by atoms with Crippen molar-refractivity contribution in [2.45, 2.75) is 33.2 Å². The largest absolute Gasteiger partial charge is 0.336 e. The molecule has 1 amide bonds. The topological polar surface area (TPSA) is 34.0 Å². The summed E-state index contributed by atoms with van der Waals surface area (Å²) in [5, 5.41) is 3.89. The highest BCUT2D eigenvalue weighted by Crippen LogP contribution is 2.27. The summed E-state index contributed by atoms with van der Waals surface area (Å²) in [5.74, 6) is -0.722. The summed E-state index contributed by atoms with van der Waals surface area (Å²) in [6.45, 7) is 4.86. The van der Waals surface area contributed by atoms with E-state index in [0.29, 0.717) is 11.4 Å². The predicted octanol–water partition coefficient (Wildman–Crippen LogP) is 5.79. The van der Waals surface area contributed by atoms with E-state index in [1.54, 1.807) is 0 Å². The summed E-state index contributed by atoms with van der Waals surface area (Å²) in [4.78, 5) is 12.9. The number of aryl methyl sites for hydroxylation is 2. The standard InChI is InChI=1S/C20H20ClFN2O/c1-3-4-11-24-18-8-6-5-7-15(18)13(2)19(24)20(25)23-14-9-10-17(22)16(21)12-14/h5-10,12H,3-4,11H2,1-2H3,(H,23,25). The number of fused-ring (bicyclic) bond motifs is 1. The molecule has 3 nitrogen and oxygen atoms in total. The molecule has 5 heteroatoms. The minimum atomic E-state index is -0.507. The van der Waals surface area contributed by atoms with Crippen molar-refractivity contribution in [3.05, 3.63) is 64.6 Å². The molecule has 0 spiro atoms. The highest BCUT2D eigenvalue weighted by molar-refractivity contribution is 6.31. The molecule has 3 aromatic rings. The summed E-state index contributed by atoms with van der Waals surface area (Å²) in [7, 11) is 0. The molecule has 0 bridgehead atoms. The third kappa shape index (κ3) is 3.40. The van der Waals surface area contributed by atoms with Gasteiger partial charge in [-0.1, -0.05) is 43.1 Å². The van der Waals surface area contributed by atoms with E-state index in [-0.39, 0.29) is 10.9 Å². The maximum Gasteiger partial charge on any atom is 0.272 e. The number of amides is 1. The molecule has 0 aliphatic carbocycles. The Morgan fingerprint density at radius 3 is 2.72 bits per heavy atom. The first-order valence-corrected chi connectivity index (χ1v) is 8.75. The van der Waals surface area contributed by atoms with Crippen molar-refractivity contribution in [1.82, 2.24) is 4.57 Å². The van der Waals surface area contributed by atoms with Crippen LogP contribution in [0.15, 0.2) is 42.5 Å². The van der Waals surface area contributed by atoms with Crippen molar-refractivity contribution in [1.29, 1.82) is 0 Å². The highest BCUT2D eigenvalue weighted by atomic mass is 35.5. The van der Waals surface area contributed by atoms with E-state index < -0.39 is 5.82 Å². The molecule has 0 atom stereocenters. The van der Waals surface area contributed by atoms with Gasteiger partial charge in [0.15, 0.2) is 0 Å². The minimum absolute atomic E-state index is 0.0129. The second-order valence-corrected chi connectivity index (χ2v) is 6.49. The van der Waals surface area contributed by atoms with Crippen LogP contribution in [-0.2, 0) is 6.54 Å². The zero-order valence-electron chi connectivity index (χ0n) is 14.3. The fourth-order valence-electron chi connectivity index (χ4n) is 3.08. The van der Waals surface area contributed by atoms with Crippen LogP contribution in [0.1, 0.15) is 35.8 Å². The lowest BCUT2D eigenvalue weighted by molar-refractivity contribution is 0.101. The van der Waals surface area contributed by atoms with Crippen LogP contribution in [-0.4, -0.2) is 10.5 Å². The van der Waals surface area contributed by atoms with Gasteiger partial charge in [-0.2, -0.15) is 0 Å². The highest BCUT2D eigenvalue weighted by Gasteiger charge is 2.20.